The Morgan fingerprint density at radius 1 is 1.19 bits per heavy atom. The van der Waals surface area contributed by atoms with Crippen molar-refractivity contribution in [1.29, 1.82) is 0 Å². The molecule has 0 aliphatic heterocycles. The van der Waals surface area contributed by atoms with Gasteiger partial charge in [0.1, 0.15) is 5.75 Å². The molecule has 7 heteroatoms. The van der Waals surface area contributed by atoms with Crippen LogP contribution in [-0.2, 0) is 14.3 Å². The lowest BCUT2D eigenvalue weighted by atomic mass is 10.2. The largest absolute Gasteiger partial charge is 0.495 e. The summed E-state index contributed by atoms with van der Waals surface area (Å²) in [5.41, 5.74) is 1.61. The van der Waals surface area contributed by atoms with Gasteiger partial charge in [0.25, 0.3) is 5.91 Å². The average Bonchev–Trinajstić information content (AvgIpc) is 2.63. The van der Waals surface area contributed by atoms with Crippen LogP contribution in [0.3, 0.4) is 0 Å². The monoisotopic (exact) mass is 407 g/mol. The van der Waals surface area contributed by atoms with Crippen LogP contribution in [-0.4, -0.2) is 30.8 Å². The van der Waals surface area contributed by atoms with Gasteiger partial charge in [-0.05, 0) is 44.2 Å². The molecule has 1 atom stereocenters. The van der Waals surface area contributed by atoms with Gasteiger partial charge in [-0.3, -0.25) is 9.59 Å². The Kier molecular flexibility index (Phi) is 8.00. The van der Waals surface area contributed by atoms with Gasteiger partial charge in [0, 0.05) is 15.7 Å². The maximum Gasteiger partial charge on any atom is 0.307 e. The molecule has 0 saturated heterocycles. The Morgan fingerprint density at radius 3 is 2.56 bits per heavy atom. The Balaban J connectivity index is 1.80. The highest BCUT2D eigenvalue weighted by molar-refractivity contribution is 7.99. The molecule has 27 heavy (non-hydrogen) atoms. The summed E-state index contributed by atoms with van der Waals surface area (Å²) in [4.78, 5) is 25.3. The predicted molar refractivity (Wildman–Crippen MR) is 109 cm³/mol. The summed E-state index contributed by atoms with van der Waals surface area (Å²) in [5.74, 6) is 0.185. The Labute approximate surface area is 168 Å². The number of halogens is 1. The highest BCUT2D eigenvalue weighted by Gasteiger charge is 2.19. The number of carbonyl (C=O) groups is 2. The minimum atomic E-state index is -0.925. The molecule has 1 amide bonds. The number of esters is 1. The van der Waals surface area contributed by atoms with Crippen molar-refractivity contribution < 1.29 is 19.1 Å². The van der Waals surface area contributed by atoms with Crippen molar-refractivity contribution in [2.45, 2.75) is 31.3 Å². The minimum Gasteiger partial charge on any atom is -0.495 e. The van der Waals surface area contributed by atoms with E-state index >= 15 is 0 Å². The third-order valence-corrected chi connectivity index (χ3v) is 4.94. The number of amides is 1. The van der Waals surface area contributed by atoms with Crippen molar-refractivity contribution in [2.24, 2.45) is 0 Å². The first kappa shape index (κ1) is 21.1. The van der Waals surface area contributed by atoms with Crippen LogP contribution in [0.1, 0.15) is 18.9 Å². The highest BCUT2D eigenvalue weighted by Crippen LogP contribution is 2.28. The maximum atomic E-state index is 12.3. The molecule has 2 aromatic rings. The number of rotatable bonds is 8. The minimum absolute atomic E-state index is 0.219. The molecule has 0 aliphatic carbocycles. The first-order valence-electron chi connectivity index (χ1n) is 8.42. The molecule has 0 fully saturated rings. The van der Waals surface area contributed by atoms with Crippen LogP contribution in [0.2, 0.25) is 5.02 Å². The third kappa shape index (κ3) is 6.81. The van der Waals surface area contributed by atoms with Gasteiger partial charge in [-0.2, -0.15) is 0 Å². The summed E-state index contributed by atoms with van der Waals surface area (Å²) in [6.45, 7) is 3.55. The van der Waals surface area contributed by atoms with Gasteiger partial charge in [0.05, 0.1) is 19.2 Å². The second-order valence-corrected chi connectivity index (χ2v) is 7.48. The summed E-state index contributed by atoms with van der Waals surface area (Å²) >= 11 is 7.51. The number of carbonyl (C=O) groups excluding carboxylic acids is 2. The number of benzene rings is 2. The molecule has 1 N–H and O–H groups in total. The molecular weight excluding hydrogens is 386 g/mol. The Hall–Kier alpha value is -2.18. The van der Waals surface area contributed by atoms with E-state index in [9.17, 15) is 9.59 Å². The number of hydrogen-bond donors (Lipinski definition) is 1. The van der Waals surface area contributed by atoms with Crippen molar-refractivity contribution >= 4 is 40.9 Å². The standard InChI is InChI=1S/C20H22ClNO4S/c1-13-4-7-16(8-5-13)27-11-10-19(23)26-14(2)20(24)22-17-12-15(21)6-9-18(17)25-3/h4-9,12,14H,10-11H2,1-3H3,(H,22,24)/t14-/m1/s1. The molecule has 2 aromatic carbocycles. The summed E-state index contributed by atoms with van der Waals surface area (Å²) < 4.78 is 10.4. The molecule has 2 rings (SSSR count). The number of hydrogen-bond acceptors (Lipinski definition) is 5. The van der Waals surface area contributed by atoms with Crippen LogP contribution in [0.4, 0.5) is 5.69 Å². The number of methoxy groups -OCH3 is 1. The zero-order valence-corrected chi connectivity index (χ0v) is 17.0. The lowest BCUT2D eigenvalue weighted by molar-refractivity contribution is -0.152. The maximum absolute atomic E-state index is 12.3. The van der Waals surface area contributed by atoms with E-state index in [4.69, 9.17) is 21.1 Å². The van der Waals surface area contributed by atoms with E-state index in [1.165, 1.54) is 19.6 Å². The molecular formula is C20H22ClNO4S. The molecule has 0 unspecified atom stereocenters. The van der Waals surface area contributed by atoms with E-state index < -0.39 is 18.0 Å². The number of nitrogens with one attached hydrogen (secondary N) is 1. The Morgan fingerprint density at radius 2 is 1.89 bits per heavy atom. The van der Waals surface area contributed by atoms with Crippen molar-refractivity contribution in [3.63, 3.8) is 0 Å². The number of thioether (sulfide) groups is 1. The van der Waals surface area contributed by atoms with Gasteiger partial charge in [0.2, 0.25) is 0 Å². The van der Waals surface area contributed by atoms with E-state index in [0.717, 1.165) is 4.90 Å². The fourth-order valence-corrected chi connectivity index (χ4v) is 3.21. The second-order valence-electron chi connectivity index (χ2n) is 5.88. The van der Waals surface area contributed by atoms with Crippen molar-refractivity contribution in [1.82, 2.24) is 0 Å². The smallest absolute Gasteiger partial charge is 0.307 e. The fourth-order valence-electron chi connectivity index (χ4n) is 2.21. The van der Waals surface area contributed by atoms with Crippen molar-refractivity contribution in [3.8, 4) is 5.75 Å². The summed E-state index contributed by atoms with van der Waals surface area (Å²) in [6, 6.07) is 13.0. The Bertz CT molecular complexity index is 795. The average molecular weight is 408 g/mol. The van der Waals surface area contributed by atoms with E-state index in [0.29, 0.717) is 22.2 Å². The molecule has 0 aromatic heterocycles. The first-order valence-corrected chi connectivity index (χ1v) is 9.78. The first-order chi connectivity index (χ1) is 12.9. The van der Waals surface area contributed by atoms with E-state index in [2.05, 4.69) is 5.32 Å². The summed E-state index contributed by atoms with van der Waals surface area (Å²) in [7, 11) is 1.49. The van der Waals surface area contributed by atoms with Gasteiger partial charge in [-0.1, -0.05) is 29.3 Å². The lowest BCUT2D eigenvalue weighted by Gasteiger charge is -2.15. The van der Waals surface area contributed by atoms with E-state index in [1.807, 2.05) is 31.2 Å². The second kappa shape index (κ2) is 10.2. The lowest BCUT2D eigenvalue weighted by Crippen LogP contribution is -2.30. The van der Waals surface area contributed by atoms with Crippen LogP contribution in [0.5, 0.6) is 5.75 Å². The number of ether oxygens (including phenoxy) is 2. The zero-order chi connectivity index (χ0) is 19.8. The highest BCUT2D eigenvalue weighted by atomic mass is 35.5. The van der Waals surface area contributed by atoms with Crippen LogP contribution in [0, 0.1) is 6.92 Å². The van der Waals surface area contributed by atoms with E-state index in [-0.39, 0.29) is 6.42 Å². The van der Waals surface area contributed by atoms with Crippen LogP contribution >= 0.6 is 23.4 Å². The fraction of sp³-hybridized carbons (Fsp3) is 0.300. The molecule has 0 spiro atoms. The summed E-state index contributed by atoms with van der Waals surface area (Å²) in [6.07, 6.45) is -0.707. The van der Waals surface area contributed by atoms with Crippen molar-refractivity contribution in [3.05, 3.63) is 53.1 Å². The number of aryl methyl sites for hydroxylation is 1. The van der Waals surface area contributed by atoms with Crippen LogP contribution in [0.25, 0.3) is 0 Å². The van der Waals surface area contributed by atoms with Crippen molar-refractivity contribution in [2.75, 3.05) is 18.2 Å². The van der Waals surface area contributed by atoms with Gasteiger partial charge in [-0.15, -0.1) is 11.8 Å². The molecule has 0 heterocycles. The van der Waals surface area contributed by atoms with Gasteiger partial charge >= 0.3 is 5.97 Å². The zero-order valence-electron chi connectivity index (χ0n) is 15.5. The number of anilines is 1. The van der Waals surface area contributed by atoms with Crippen LogP contribution in [0.15, 0.2) is 47.4 Å². The van der Waals surface area contributed by atoms with Gasteiger partial charge < -0.3 is 14.8 Å². The van der Waals surface area contributed by atoms with Crippen LogP contribution < -0.4 is 10.1 Å². The third-order valence-electron chi connectivity index (χ3n) is 3.69. The van der Waals surface area contributed by atoms with Gasteiger partial charge in [0.15, 0.2) is 6.10 Å². The predicted octanol–water partition coefficient (Wildman–Crippen LogP) is 4.71. The molecule has 5 nitrogen and oxygen atoms in total. The molecule has 0 aliphatic rings. The molecule has 0 bridgehead atoms. The molecule has 144 valence electrons. The normalized spacial score (nSPS) is 11.6. The van der Waals surface area contributed by atoms with Gasteiger partial charge in [-0.25, -0.2) is 0 Å². The summed E-state index contributed by atoms with van der Waals surface area (Å²) in [5, 5.41) is 3.13. The van der Waals surface area contributed by atoms with E-state index in [1.54, 1.807) is 30.0 Å². The molecule has 0 radical (unpaired) electrons. The SMILES string of the molecule is COc1ccc(Cl)cc1NC(=O)[C@@H](C)OC(=O)CCSc1ccc(C)cc1. The topological polar surface area (TPSA) is 64.6 Å². The quantitative estimate of drug-likeness (QED) is 0.507. The molecule has 0 saturated carbocycles.